The van der Waals surface area contributed by atoms with Crippen molar-refractivity contribution in [1.29, 1.82) is 0 Å². The van der Waals surface area contributed by atoms with Gasteiger partial charge >= 0.3 is 0 Å². The van der Waals surface area contributed by atoms with E-state index in [1.807, 2.05) is 13.8 Å². The van der Waals surface area contributed by atoms with Gasteiger partial charge in [0.15, 0.2) is 0 Å². The third kappa shape index (κ3) is 2.73. The highest BCUT2D eigenvalue weighted by Crippen LogP contribution is 2.23. The molecule has 17 heavy (non-hydrogen) atoms. The molecule has 5 nitrogen and oxygen atoms in total. The van der Waals surface area contributed by atoms with E-state index < -0.39 is 0 Å². The Morgan fingerprint density at radius 3 is 2.88 bits per heavy atom. The molecule has 2 rings (SSSR count). The van der Waals surface area contributed by atoms with Crippen LogP contribution >= 0.6 is 0 Å². The van der Waals surface area contributed by atoms with Crippen molar-refractivity contribution in [2.75, 3.05) is 18.0 Å². The smallest absolute Gasteiger partial charge is 0.225 e. The fraction of sp³-hybridized carbons (Fsp3) is 0.667. The number of hydrogen-bond donors (Lipinski definition) is 2. The molecule has 1 saturated heterocycles. The monoisotopic (exact) mass is 237 g/mol. The third-order valence-corrected chi connectivity index (χ3v) is 3.25. The lowest BCUT2D eigenvalue weighted by Gasteiger charge is -2.18. The maximum atomic E-state index is 9.56. The predicted molar refractivity (Wildman–Crippen MR) is 64.7 cm³/mol. The molecule has 0 saturated carbocycles. The molecule has 94 valence electrons. The Hall–Kier alpha value is -1.20. The van der Waals surface area contributed by atoms with Gasteiger partial charge in [0.25, 0.3) is 0 Å². The van der Waals surface area contributed by atoms with Gasteiger partial charge in [0.1, 0.15) is 0 Å². The molecule has 1 aliphatic rings. The summed E-state index contributed by atoms with van der Waals surface area (Å²) in [6.45, 7) is 5.30. The maximum absolute atomic E-state index is 9.56. The first-order chi connectivity index (χ1) is 8.10. The summed E-state index contributed by atoms with van der Waals surface area (Å²) in [6.07, 6.45) is 0.672. The number of aromatic nitrogens is 2. The standard InChI is InChI=1S/C12H19N3O2/c1-8-5-11(7-16)14-12(13-8)15-4-3-10(6-15)9(2)17/h5,9-10,16-17H,3-4,6-7H2,1-2H3. The van der Waals surface area contributed by atoms with E-state index in [1.165, 1.54) is 0 Å². The van der Waals surface area contributed by atoms with E-state index in [1.54, 1.807) is 6.07 Å². The minimum Gasteiger partial charge on any atom is -0.393 e. The molecule has 2 N–H and O–H groups in total. The second-order valence-electron chi connectivity index (χ2n) is 4.69. The minimum absolute atomic E-state index is 0.0654. The van der Waals surface area contributed by atoms with Crippen LogP contribution in [0.4, 0.5) is 5.95 Å². The Labute approximate surface area is 101 Å². The zero-order chi connectivity index (χ0) is 12.4. The topological polar surface area (TPSA) is 69.5 Å². The van der Waals surface area contributed by atoms with E-state index in [2.05, 4.69) is 14.9 Å². The van der Waals surface area contributed by atoms with Crippen molar-refractivity contribution in [1.82, 2.24) is 9.97 Å². The Morgan fingerprint density at radius 2 is 2.29 bits per heavy atom. The highest BCUT2D eigenvalue weighted by atomic mass is 16.3. The van der Waals surface area contributed by atoms with Crippen molar-refractivity contribution in [2.24, 2.45) is 5.92 Å². The van der Waals surface area contributed by atoms with Gasteiger partial charge in [-0.1, -0.05) is 0 Å². The summed E-state index contributed by atoms with van der Waals surface area (Å²) in [5.41, 5.74) is 1.51. The number of aliphatic hydroxyl groups excluding tert-OH is 2. The molecule has 1 aromatic rings. The Morgan fingerprint density at radius 1 is 1.53 bits per heavy atom. The molecular formula is C12H19N3O2. The summed E-state index contributed by atoms with van der Waals surface area (Å²) in [5.74, 6) is 0.953. The molecule has 1 fully saturated rings. The molecule has 0 spiro atoms. The summed E-state index contributed by atoms with van der Waals surface area (Å²) in [6, 6.07) is 1.78. The first kappa shape index (κ1) is 12.3. The molecule has 0 amide bonds. The summed E-state index contributed by atoms with van der Waals surface area (Å²) >= 11 is 0. The molecular weight excluding hydrogens is 218 g/mol. The second kappa shape index (κ2) is 4.98. The predicted octanol–water partition coefficient (Wildman–Crippen LogP) is 0.484. The highest BCUT2D eigenvalue weighted by molar-refractivity contribution is 5.34. The van der Waals surface area contributed by atoms with Crippen molar-refractivity contribution in [3.05, 3.63) is 17.5 Å². The van der Waals surface area contributed by atoms with Crippen LogP contribution in [0.1, 0.15) is 24.7 Å². The van der Waals surface area contributed by atoms with E-state index in [9.17, 15) is 5.11 Å². The summed E-state index contributed by atoms with van der Waals surface area (Å²) in [7, 11) is 0. The second-order valence-corrected chi connectivity index (χ2v) is 4.69. The van der Waals surface area contributed by atoms with Crippen LogP contribution in [0.3, 0.4) is 0 Å². The Balaban J connectivity index is 2.15. The van der Waals surface area contributed by atoms with Crippen LogP contribution in [-0.4, -0.2) is 39.4 Å². The van der Waals surface area contributed by atoms with Crippen LogP contribution in [0.15, 0.2) is 6.07 Å². The average Bonchev–Trinajstić information content (AvgIpc) is 2.77. The average molecular weight is 237 g/mol. The number of hydrogen-bond acceptors (Lipinski definition) is 5. The fourth-order valence-corrected chi connectivity index (χ4v) is 2.20. The van der Waals surface area contributed by atoms with Gasteiger partial charge in [0.2, 0.25) is 5.95 Å². The third-order valence-electron chi connectivity index (χ3n) is 3.25. The van der Waals surface area contributed by atoms with Crippen LogP contribution in [0.25, 0.3) is 0 Å². The van der Waals surface area contributed by atoms with Crippen molar-refractivity contribution in [3.63, 3.8) is 0 Å². The van der Waals surface area contributed by atoms with Gasteiger partial charge in [-0.3, -0.25) is 0 Å². The lowest BCUT2D eigenvalue weighted by molar-refractivity contribution is 0.136. The van der Waals surface area contributed by atoms with Crippen molar-refractivity contribution < 1.29 is 10.2 Å². The number of rotatable bonds is 3. The summed E-state index contributed by atoms with van der Waals surface area (Å²) in [4.78, 5) is 10.8. The zero-order valence-corrected chi connectivity index (χ0v) is 10.3. The van der Waals surface area contributed by atoms with E-state index in [0.717, 1.165) is 25.2 Å². The molecule has 0 aromatic carbocycles. The van der Waals surface area contributed by atoms with Crippen LogP contribution in [0.2, 0.25) is 0 Å². The van der Waals surface area contributed by atoms with Crippen LogP contribution < -0.4 is 4.90 Å². The number of anilines is 1. The summed E-state index contributed by atoms with van der Waals surface area (Å²) < 4.78 is 0. The van der Waals surface area contributed by atoms with Crippen LogP contribution in [0, 0.1) is 12.8 Å². The molecule has 2 atom stereocenters. The van der Waals surface area contributed by atoms with E-state index >= 15 is 0 Å². The number of aliphatic hydroxyl groups is 2. The first-order valence-corrected chi connectivity index (χ1v) is 5.98. The number of aryl methyl sites for hydroxylation is 1. The van der Waals surface area contributed by atoms with Gasteiger partial charge in [-0.05, 0) is 26.3 Å². The fourth-order valence-electron chi connectivity index (χ4n) is 2.20. The van der Waals surface area contributed by atoms with Gasteiger partial charge in [0, 0.05) is 24.7 Å². The van der Waals surface area contributed by atoms with Crippen LogP contribution in [0.5, 0.6) is 0 Å². The van der Waals surface area contributed by atoms with Gasteiger partial charge in [-0.2, -0.15) is 0 Å². The zero-order valence-electron chi connectivity index (χ0n) is 10.3. The molecule has 1 aliphatic heterocycles. The van der Waals surface area contributed by atoms with Gasteiger partial charge in [0.05, 0.1) is 18.4 Å². The van der Waals surface area contributed by atoms with Crippen LogP contribution in [-0.2, 0) is 6.61 Å². The Kier molecular flexibility index (Phi) is 3.59. The van der Waals surface area contributed by atoms with Crippen molar-refractivity contribution in [2.45, 2.75) is 33.0 Å². The molecule has 2 heterocycles. The normalized spacial score (nSPS) is 21.9. The molecule has 5 heteroatoms. The lowest BCUT2D eigenvalue weighted by Crippen LogP contribution is -2.25. The molecule has 0 aliphatic carbocycles. The first-order valence-electron chi connectivity index (χ1n) is 5.98. The van der Waals surface area contributed by atoms with Gasteiger partial charge in [-0.25, -0.2) is 9.97 Å². The van der Waals surface area contributed by atoms with Crippen molar-refractivity contribution in [3.8, 4) is 0 Å². The highest BCUT2D eigenvalue weighted by Gasteiger charge is 2.27. The lowest BCUT2D eigenvalue weighted by atomic mass is 10.0. The molecule has 1 aromatic heterocycles. The van der Waals surface area contributed by atoms with E-state index in [-0.39, 0.29) is 18.6 Å². The Bertz CT molecular complexity index is 395. The SMILES string of the molecule is Cc1cc(CO)nc(N2CCC(C(C)O)C2)n1. The number of nitrogens with zero attached hydrogens (tertiary/aromatic N) is 3. The van der Waals surface area contributed by atoms with Gasteiger partial charge < -0.3 is 15.1 Å². The van der Waals surface area contributed by atoms with E-state index in [4.69, 9.17) is 5.11 Å². The summed E-state index contributed by atoms with van der Waals surface area (Å²) in [5, 5.41) is 18.7. The maximum Gasteiger partial charge on any atom is 0.225 e. The molecule has 0 radical (unpaired) electrons. The largest absolute Gasteiger partial charge is 0.393 e. The quantitative estimate of drug-likeness (QED) is 0.800. The van der Waals surface area contributed by atoms with E-state index in [0.29, 0.717) is 11.6 Å². The van der Waals surface area contributed by atoms with Gasteiger partial charge in [-0.15, -0.1) is 0 Å². The minimum atomic E-state index is -0.290. The van der Waals surface area contributed by atoms with Crippen molar-refractivity contribution >= 4 is 5.95 Å². The molecule has 0 bridgehead atoms. The molecule has 2 unspecified atom stereocenters.